The summed E-state index contributed by atoms with van der Waals surface area (Å²) in [5.74, 6) is 4.17. The van der Waals surface area contributed by atoms with Gasteiger partial charge in [-0.2, -0.15) is 0 Å². The van der Waals surface area contributed by atoms with Gasteiger partial charge in [-0.1, -0.05) is 11.8 Å². The van der Waals surface area contributed by atoms with Gasteiger partial charge in [0.2, 0.25) is 5.16 Å². The molecule has 0 saturated heterocycles. The SMILES string of the molecule is Nn1cnnc1SCc1cc(C(=O)O)ccc1F. The van der Waals surface area contributed by atoms with Crippen LogP contribution < -0.4 is 5.84 Å². The van der Waals surface area contributed by atoms with Crippen LogP contribution in [0, 0.1) is 5.82 Å². The first-order valence-corrected chi connectivity index (χ1v) is 5.86. The van der Waals surface area contributed by atoms with E-state index in [1.807, 2.05) is 0 Å². The lowest BCUT2D eigenvalue weighted by atomic mass is 10.1. The molecule has 0 radical (unpaired) electrons. The standard InChI is InChI=1S/C10H9FN4O2S/c11-8-2-1-6(9(16)17)3-7(8)4-18-10-14-13-5-15(10)12/h1-3,5H,4,12H2,(H,16,17). The van der Waals surface area contributed by atoms with E-state index in [-0.39, 0.29) is 16.9 Å². The van der Waals surface area contributed by atoms with Gasteiger partial charge in [-0.25, -0.2) is 13.9 Å². The molecule has 0 unspecified atom stereocenters. The number of carbonyl (C=O) groups is 1. The third-order valence-electron chi connectivity index (χ3n) is 2.19. The smallest absolute Gasteiger partial charge is 0.335 e. The van der Waals surface area contributed by atoms with Crippen LogP contribution in [0.15, 0.2) is 29.7 Å². The predicted molar refractivity (Wildman–Crippen MR) is 63.1 cm³/mol. The summed E-state index contributed by atoms with van der Waals surface area (Å²) in [6.45, 7) is 0. The van der Waals surface area contributed by atoms with Crippen molar-refractivity contribution < 1.29 is 14.3 Å². The number of benzene rings is 1. The summed E-state index contributed by atoms with van der Waals surface area (Å²) < 4.78 is 14.7. The van der Waals surface area contributed by atoms with E-state index in [9.17, 15) is 9.18 Å². The first-order chi connectivity index (χ1) is 8.58. The van der Waals surface area contributed by atoms with Crippen LogP contribution in [-0.4, -0.2) is 25.9 Å². The highest BCUT2D eigenvalue weighted by Gasteiger charge is 2.10. The zero-order chi connectivity index (χ0) is 13.1. The Morgan fingerprint density at radius 2 is 2.33 bits per heavy atom. The fourth-order valence-electron chi connectivity index (χ4n) is 1.30. The molecule has 0 amide bonds. The fraction of sp³-hybridized carbons (Fsp3) is 0.100. The van der Waals surface area contributed by atoms with Crippen molar-refractivity contribution >= 4 is 17.7 Å². The maximum Gasteiger partial charge on any atom is 0.335 e. The van der Waals surface area contributed by atoms with Gasteiger partial charge in [-0.05, 0) is 23.8 Å². The quantitative estimate of drug-likeness (QED) is 0.637. The lowest BCUT2D eigenvalue weighted by Crippen LogP contribution is -2.07. The van der Waals surface area contributed by atoms with Crippen molar-refractivity contribution in [1.29, 1.82) is 0 Å². The molecule has 2 rings (SSSR count). The van der Waals surface area contributed by atoms with Crippen LogP contribution in [0.1, 0.15) is 15.9 Å². The highest BCUT2D eigenvalue weighted by atomic mass is 32.2. The first kappa shape index (κ1) is 12.4. The number of aromatic nitrogens is 3. The summed E-state index contributed by atoms with van der Waals surface area (Å²) in [5.41, 5.74) is 0.323. The van der Waals surface area contributed by atoms with E-state index in [0.717, 1.165) is 6.07 Å². The van der Waals surface area contributed by atoms with Crippen LogP contribution in [0.2, 0.25) is 0 Å². The Balaban J connectivity index is 2.16. The summed E-state index contributed by atoms with van der Waals surface area (Å²) in [7, 11) is 0. The van der Waals surface area contributed by atoms with E-state index in [0.29, 0.717) is 5.16 Å². The second-order valence-corrected chi connectivity index (χ2v) is 4.36. The Hall–Kier alpha value is -2.09. The predicted octanol–water partition coefficient (Wildman–Crippen LogP) is 1.12. The molecule has 0 aliphatic heterocycles. The number of nitrogen functional groups attached to an aromatic ring is 1. The number of nitrogens with zero attached hydrogens (tertiary/aromatic N) is 3. The molecular weight excluding hydrogens is 259 g/mol. The summed E-state index contributed by atoms with van der Waals surface area (Å²) >= 11 is 1.17. The van der Waals surface area contributed by atoms with Crippen LogP contribution in [0.3, 0.4) is 0 Å². The van der Waals surface area contributed by atoms with Gasteiger partial charge in [0.15, 0.2) is 0 Å². The summed E-state index contributed by atoms with van der Waals surface area (Å²) in [4.78, 5) is 10.8. The largest absolute Gasteiger partial charge is 0.478 e. The van der Waals surface area contributed by atoms with Gasteiger partial charge < -0.3 is 10.9 Å². The Morgan fingerprint density at radius 1 is 1.56 bits per heavy atom. The number of nitrogens with two attached hydrogens (primary N) is 1. The van der Waals surface area contributed by atoms with Crippen LogP contribution in [0.25, 0.3) is 0 Å². The molecule has 0 aliphatic carbocycles. The summed E-state index contributed by atoms with van der Waals surface area (Å²) in [6, 6.07) is 3.64. The molecule has 0 atom stereocenters. The molecule has 1 aromatic carbocycles. The zero-order valence-electron chi connectivity index (χ0n) is 9.08. The van der Waals surface area contributed by atoms with Crippen LogP contribution in [0.4, 0.5) is 4.39 Å². The van der Waals surface area contributed by atoms with Gasteiger partial charge in [0, 0.05) is 5.75 Å². The van der Waals surface area contributed by atoms with Crippen molar-refractivity contribution in [3.63, 3.8) is 0 Å². The van der Waals surface area contributed by atoms with E-state index in [4.69, 9.17) is 10.9 Å². The van der Waals surface area contributed by atoms with Gasteiger partial charge in [-0.3, -0.25) is 0 Å². The van der Waals surface area contributed by atoms with E-state index in [2.05, 4.69) is 10.2 Å². The average Bonchev–Trinajstić information content (AvgIpc) is 2.73. The average molecular weight is 268 g/mol. The minimum atomic E-state index is -1.09. The lowest BCUT2D eigenvalue weighted by Gasteiger charge is -2.04. The third kappa shape index (κ3) is 2.59. The zero-order valence-corrected chi connectivity index (χ0v) is 9.89. The molecule has 2 aromatic rings. The number of halogens is 1. The molecule has 18 heavy (non-hydrogen) atoms. The molecular formula is C10H9FN4O2S. The molecule has 0 fully saturated rings. The minimum Gasteiger partial charge on any atom is -0.478 e. The number of hydrogen-bond acceptors (Lipinski definition) is 5. The molecule has 0 aliphatic rings. The number of rotatable bonds is 4. The van der Waals surface area contributed by atoms with Crippen molar-refractivity contribution in [2.45, 2.75) is 10.9 Å². The van der Waals surface area contributed by atoms with Crippen LogP contribution in [-0.2, 0) is 5.75 Å². The number of hydrogen-bond donors (Lipinski definition) is 2. The molecule has 1 heterocycles. The van der Waals surface area contributed by atoms with Gasteiger partial charge in [0.25, 0.3) is 0 Å². The fourth-order valence-corrected chi connectivity index (χ4v) is 2.10. The molecule has 3 N–H and O–H groups in total. The lowest BCUT2D eigenvalue weighted by molar-refractivity contribution is 0.0696. The molecule has 8 heteroatoms. The van der Waals surface area contributed by atoms with E-state index >= 15 is 0 Å². The second-order valence-electron chi connectivity index (χ2n) is 3.42. The summed E-state index contributed by atoms with van der Waals surface area (Å²) in [6.07, 6.45) is 1.33. The molecule has 0 bridgehead atoms. The van der Waals surface area contributed by atoms with E-state index in [1.54, 1.807) is 0 Å². The third-order valence-corrected chi connectivity index (χ3v) is 3.20. The number of aromatic carboxylic acids is 1. The summed E-state index contributed by atoms with van der Waals surface area (Å²) in [5, 5.41) is 16.6. The number of carboxylic acids is 1. The Kier molecular flexibility index (Phi) is 3.47. The van der Waals surface area contributed by atoms with Gasteiger partial charge in [0.05, 0.1) is 5.56 Å². The van der Waals surface area contributed by atoms with Gasteiger partial charge in [0.1, 0.15) is 12.1 Å². The van der Waals surface area contributed by atoms with Crippen molar-refractivity contribution in [1.82, 2.24) is 14.9 Å². The number of carboxylic acid groups (broad SMARTS) is 1. The monoisotopic (exact) mass is 268 g/mol. The first-order valence-electron chi connectivity index (χ1n) is 4.87. The van der Waals surface area contributed by atoms with E-state index < -0.39 is 11.8 Å². The Morgan fingerprint density at radius 3 is 2.94 bits per heavy atom. The van der Waals surface area contributed by atoms with Crippen LogP contribution in [0.5, 0.6) is 0 Å². The van der Waals surface area contributed by atoms with Crippen molar-refractivity contribution in [3.8, 4) is 0 Å². The minimum absolute atomic E-state index is 0.0428. The maximum absolute atomic E-state index is 13.5. The highest BCUT2D eigenvalue weighted by molar-refractivity contribution is 7.98. The van der Waals surface area contributed by atoms with Gasteiger partial charge in [-0.15, -0.1) is 10.2 Å². The topological polar surface area (TPSA) is 94.0 Å². The Bertz CT molecular complexity index is 587. The van der Waals surface area contributed by atoms with Crippen LogP contribution >= 0.6 is 11.8 Å². The van der Waals surface area contributed by atoms with Crippen molar-refractivity contribution in [2.24, 2.45) is 0 Å². The molecule has 6 nitrogen and oxygen atoms in total. The maximum atomic E-state index is 13.5. The highest BCUT2D eigenvalue weighted by Crippen LogP contribution is 2.22. The molecule has 0 spiro atoms. The molecule has 1 aromatic heterocycles. The Labute approximate surface area is 106 Å². The normalized spacial score (nSPS) is 10.5. The molecule has 94 valence electrons. The van der Waals surface area contributed by atoms with Crippen molar-refractivity contribution in [3.05, 3.63) is 41.5 Å². The molecule has 0 saturated carbocycles. The van der Waals surface area contributed by atoms with E-state index in [1.165, 1.54) is 34.9 Å². The number of thioether (sulfide) groups is 1. The van der Waals surface area contributed by atoms with Crippen molar-refractivity contribution in [2.75, 3.05) is 5.84 Å². The van der Waals surface area contributed by atoms with Gasteiger partial charge >= 0.3 is 5.97 Å². The second kappa shape index (κ2) is 5.05.